The molecule has 0 saturated carbocycles. The molecule has 1 aromatic rings. The van der Waals surface area contributed by atoms with Gasteiger partial charge in [-0.25, -0.2) is 4.39 Å². The summed E-state index contributed by atoms with van der Waals surface area (Å²) in [6, 6.07) is 7.95. The van der Waals surface area contributed by atoms with E-state index in [-0.39, 0.29) is 12.6 Å². The summed E-state index contributed by atoms with van der Waals surface area (Å²) in [6.07, 6.45) is 0. The van der Waals surface area contributed by atoms with Crippen molar-refractivity contribution in [3.8, 4) is 5.75 Å². The Labute approximate surface area is 94.6 Å². The van der Waals surface area contributed by atoms with Crippen LogP contribution in [0.4, 0.5) is 4.39 Å². The molecule has 16 heavy (non-hydrogen) atoms. The fraction of sp³-hybridized carbons (Fsp3) is 0.500. The maximum absolute atomic E-state index is 11.9. The normalized spacial score (nSPS) is 20.7. The Morgan fingerprint density at radius 2 is 2.19 bits per heavy atom. The number of rotatable bonds is 4. The van der Waals surface area contributed by atoms with Crippen LogP contribution in [0.3, 0.4) is 0 Å². The van der Waals surface area contributed by atoms with E-state index >= 15 is 0 Å². The molecular formula is C12H16FNO2. The van der Waals surface area contributed by atoms with Gasteiger partial charge < -0.3 is 14.8 Å². The van der Waals surface area contributed by atoms with Crippen LogP contribution in [0.2, 0.25) is 0 Å². The third-order valence-corrected chi connectivity index (χ3v) is 2.55. The lowest BCUT2D eigenvalue weighted by Crippen LogP contribution is -2.34. The number of nitrogens with one attached hydrogen (secondary N) is 1. The minimum Gasteiger partial charge on any atom is -0.491 e. The van der Waals surface area contributed by atoms with Gasteiger partial charge in [0.25, 0.3) is 0 Å². The molecule has 1 atom stereocenters. The Balaban J connectivity index is 1.95. The van der Waals surface area contributed by atoms with Crippen LogP contribution in [0.5, 0.6) is 5.75 Å². The Morgan fingerprint density at radius 1 is 1.38 bits per heavy atom. The Morgan fingerprint density at radius 3 is 2.81 bits per heavy atom. The van der Waals surface area contributed by atoms with E-state index in [0.717, 1.165) is 13.2 Å². The zero-order valence-corrected chi connectivity index (χ0v) is 9.12. The summed E-state index contributed by atoms with van der Waals surface area (Å²) >= 11 is 0. The van der Waals surface area contributed by atoms with Crippen molar-refractivity contribution in [1.29, 1.82) is 0 Å². The summed E-state index contributed by atoms with van der Waals surface area (Å²) in [5, 5.41) is 3.37. The van der Waals surface area contributed by atoms with Gasteiger partial charge in [-0.2, -0.15) is 0 Å². The Bertz CT molecular complexity index is 309. The molecular weight excluding hydrogens is 209 g/mol. The standard InChI is InChI=1S/C12H16FNO2/c13-5-7-16-11-3-1-10(2-4-11)12-9-15-8-6-14-12/h1-4,12,14H,5-9H2. The molecule has 1 aliphatic rings. The Kier molecular flexibility index (Phi) is 4.13. The van der Waals surface area contributed by atoms with Crippen molar-refractivity contribution in [2.75, 3.05) is 33.0 Å². The van der Waals surface area contributed by atoms with Gasteiger partial charge in [-0.15, -0.1) is 0 Å². The molecule has 0 spiro atoms. The summed E-state index contributed by atoms with van der Waals surface area (Å²) in [5.41, 5.74) is 1.17. The maximum atomic E-state index is 11.9. The van der Waals surface area contributed by atoms with E-state index < -0.39 is 6.67 Å². The molecule has 1 N–H and O–H groups in total. The van der Waals surface area contributed by atoms with Crippen molar-refractivity contribution in [2.24, 2.45) is 0 Å². The monoisotopic (exact) mass is 225 g/mol. The van der Waals surface area contributed by atoms with Crippen molar-refractivity contribution in [1.82, 2.24) is 5.32 Å². The molecule has 1 aromatic carbocycles. The van der Waals surface area contributed by atoms with Crippen LogP contribution in [0.25, 0.3) is 0 Å². The van der Waals surface area contributed by atoms with Gasteiger partial charge >= 0.3 is 0 Å². The number of hydrogen-bond donors (Lipinski definition) is 1. The van der Waals surface area contributed by atoms with Crippen LogP contribution in [0, 0.1) is 0 Å². The maximum Gasteiger partial charge on any atom is 0.123 e. The summed E-state index contributed by atoms with van der Waals surface area (Å²) in [7, 11) is 0. The lowest BCUT2D eigenvalue weighted by atomic mass is 10.1. The third-order valence-electron chi connectivity index (χ3n) is 2.55. The summed E-state index contributed by atoms with van der Waals surface area (Å²) in [4.78, 5) is 0. The Hall–Kier alpha value is -1.13. The summed E-state index contributed by atoms with van der Waals surface area (Å²) in [5.74, 6) is 0.707. The third kappa shape index (κ3) is 2.93. The van der Waals surface area contributed by atoms with Crippen molar-refractivity contribution in [3.63, 3.8) is 0 Å². The van der Waals surface area contributed by atoms with Crippen LogP contribution in [0.1, 0.15) is 11.6 Å². The van der Waals surface area contributed by atoms with Crippen LogP contribution >= 0.6 is 0 Å². The molecule has 2 rings (SSSR count). The predicted octanol–water partition coefficient (Wildman–Crippen LogP) is 1.70. The zero-order valence-electron chi connectivity index (χ0n) is 9.12. The molecule has 0 amide bonds. The van der Waals surface area contributed by atoms with Gasteiger partial charge in [0.1, 0.15) is 19.0 Å². The highest BCUT2D eigenvalue weighted by molar-refractivity contribution is 5.29. The minimum absolute atomic E-state index is 0.115. The van der Waals surface area contributed by atoms with E-state index in [9.17, 15) is 4.39 Å². The van der Waals surface area contributed by atoms with E-state index in [0.29, 0.717) is 12.4 Å². The van der Waals surface area contributed by atoms with Crippen molar-refractivity contribution in [2.45, 2.75) is 6.04 Å². The molecule has 88 valence electrons. The highest BCUT2D eigenvalue weighted by atomic mass is 19.1. The molecule has 1 unspecified atom stereocenters. The van der Waals surface area contributed by atoms with Gasteiger partial charge in [-0.05, 0) is 17.7 Å². The van der Waals surface area contributed by atoms with Crippen LogP contribution in [-0.4, -0.2) is 33.0 Å². The number of halogens is 1. The fourth-order valence-corrected chi connectivity index (χ4v) is 1.73. The first-order valence-corrected chi connectivity index (χ1v) is 5.50. The SMILES string of the molecule is FCCOc1ccc(C2COCCN2)cc1. The second-order valence-corrected chi connectivity index (χ2v) is 3.69. The predicted molar refractivity (Wildman–Crippen MR) is 59.5 cm³/mol. The number of alkyl halides is 1. The molecule has 1 aliphatic heterocycles. The largest absolute Gasteiger partial charge is 0.491 e. The lowest BCUT2D eigenvalue weighted by Gasteiger charge is -2.24. The number of benzene rings is 1. The van der Waals surface area contributed by atoms with Gasteiger partial charge in [0, 0.05) is 6.54 Å². The minimum atomic E-state index is -0.459. The second kappa shape index (κ2) is 5.82. The smallest absolute Gasteiger partial charge is 0.123 e. The van der Waals surface area contributed by atoms with E-state index in [1.807, 2.05) is 24.3 Å². The second-order valence-electron chi connectivity index (χ2n) is 3.69. The molecule has 1 heterocycles. The van der Waals surface area contributed by atoms with Gasteiger partial charge in [0.2, 0.25) is 0 Å². The van der Waals surface area contributed by atoms with Gasteiger partial charge in [0.15, 0.2) is 0 Å². The highest BCUT2D eigenvalue weighted by Gasteiger charge is 2.14. The highest BCUT2D eigenvalue weighted by Crippen LogP contribution is 2.19. The van der Waals surface area contributed by atoms with Gasteiger partial charge in [-0.1, -0.05) is 12.1 Å². The topological polar surface area (TPSA) is 30.5 Å². The molecule has 1 saturated heterocycles. The van der Waals surface area contributed by atoms with Crippen molar-refractivity contribution >= 4 is 0 Å². The average Bonchev–Trinajstić information content (AvgIpc) is 2.38. The first-order valence-electron chi connectivity index (χ1n) is 5.50. The zero-order chi connectivity index (χ0) is 11.2. The molecule has 0 aromatic heterocycles. The van der Waals surface area contributed by atoms with Crippen molar-refractivity contribution in [3.05, 3.63) is 29.8 Å². The first-order chi connectivity index (χ1) is 7.90. The molecule has 0 radical (unpaired) electrons. The number of morpholine rings is 1. The van der Waals surface area contributed by atoms with Crippen LogP contribution in [0.15, 0.2) is 24.3 Å². The molecule has 3 nitrogen and oxygen atoms in total. The van der Waals surface area contributed by atoms with Gasteiger partial charge in [0.05, 0.1) is 19.3 Å². The van der Waals surface area contributed by atoms with E-state index in [1.165, 1.54) is 5.56 Å². The summed E-state index contributed by atoms with van der Waals surface area (Å²) in [6.45, 7) is 2.01. The number of ether oxygens (including phenoxy) is 2. The van der Waals surface area contributed by atoms with Crippen LogP contribution < -0.4 is 10.1 Å². The summed E-state index contributed by atoms with van der Waals surface area (Å²) < 4.78 is 22.5. The van der Waals surface area contributed by atoms with Crippen LogP contribution in [-0.2, 0) is 4.74 Å². The van der Waals surface area contributed by atoms with E-state index in [4.69, 9.17) is 9.47 Å². The lowest BCUT2D eigenvalue weighted by molar-refractivity contribution is 0.0768. The number of hydrogen-bond acceptors (Lipinski definition) is 3. The molecule has 1 fully saturated rings. The average molecular weight is 225 g/mol. The first kappa shape index (κ1) is 11.4. The molecule has 0 aliphatic carbocycles. The van der Waals surface area contributed by atoms with Gasteiger partial charge in [-0.3, -0.25) is 0 Å². The van der Waals surface area contributed by atoms with E-state index in [2.05, 4.69) is 5.32 Å². The van der Waals surface area contributed by atoms with E-state index in [1.54, 1.807) is 0 Å². The quantitative estimate of drug-likeness (QED) is 0.846. The fourth-order valence-electron chi connectivity index (χ4n) is 1.73. The molecule has 4 heteroatoms. The molecule has 0 bridgehead atoms. The van der Waals surface area contributed by atoms with Crippen molar-refractivity contribution < 1.29 is 13.9 Å².